The van der Waals surface area contributed by atoms with Crippen molar-refractivity contribution in [1.29, 1.82) is 0 Å². The fourth-order valence-corrected chi connectivity index (χ4v) is 3.27. The van der Waals surface area contributed by atoms with Crippen molar-refractivity contribution in [3.8, 4) is 5.75 Å². The Hall–Kier alpha value is -1.81. The van der Waals surface area contributed by atoms with Crippen LogP contribution in [0.2, 0.25) is 0 Å². The molecule has 0 saturated carbocycles. The lowest BCUT2D eigenvalue weighted by Crippen LogP contribution is -2.38. The van der Waals surface area contributed by atoms with E-state index in [-0.39, 0.29) is 29.9 Å². The Morgan fingerprint density at radius 1 is 1.20 bits per heavy atom. The van der Waals surface area contributed by atoms with Crippen molar-refractivity contribution in [3.05, 3.63) is 46.3 Å². The first-order valence-electron chi connectivity index (χ1n) is 10.0. The number of aromatic nitrogens is 1. The number of aryl methyl sites for hydroxylation is 3. The number of methoxy groups -OCH3 is 1. The Morgan fingerprint density at radius 3 is 2.60 bits per heavy atom. The van der Waals surface area contributed by atoms with E-state index in [4.69, 9.17) is 14.0 Å². The molecule has 0 fully saturated rings. The summed E-state index contributed by atoms with van der Waals surface area (Å²) in [6, 6.07) is 6.25. The van der Waals surface area contributed by atoms with Crippen LogP contribution in [0.1, 0.15) is 47.4 Å². The highest BCUT2D eigenvalue weighted by atomic mass is 127. The van der Waals surface area contributed by atoms with E-state index in [9.17, 15) is 0 Å². The molecule has 0 aliphatic carbocycles. The normalized spacial score (nSPS) is 12.3. The third-order valence-corrected chi connectivity index (χ3v) is 4.80. The van der Waals surface area contributed by atoms with Crippen LogP contribution < -0.4 is 15.4 Å². The van der Waals surface area contributed by atoms with E-state index in [1.807, 2.05) is 13.8 Å². The number of rotatable bonds is 10. The molecular formula is C22H35IN4O3. The van der Waals surface area contributed by atoms with E-state index >= 15 is 0 Å². The molecule has 1 atom stereocenters. The maximum Gasteiger partial charge on any atom is 0.191 e. The summed E-state index contributed by atoms with van der Waals surface area (Å²) in [7, 11) is 3.47. The minimum absolute atomic E-state index is 0. The van der Waals surface area contributed by atoms with E-state index in [0.717, 1.165) is 47.3 Å². The van der Waals surface area contributed by atoms with Crippen molar-refractivity contribution in [3.63, 3.8) is 0 Å². The van der Waals surface area contributed by atoms with Gasteiger partial charge in [-0.05, 0) is 32.4 Å². The number of nitrogens with zero attached hydrogens (tertiary/aromatic N) is 2. The Balaban J connectivity index is 0.00000450. The average Bonchev–Trinajstić information content (AvgIpc) is 3.04. The number of hydrogen-bond donors (Lipinski definition) is 2. The Bertz CT molecular complexity index is 788. The van der Waals surface area contributed by atoms with E-state index < -0.39 is 0 Å². The highest BCUT2D eigenvalue weighted by Crippen LogP contribution is 2.22. The van der Waals surface area contributed by atoms with Gasteiger partial charge in [-0.15, -0.1) is 24.0 Å². The van der Waals surface area contributed by atoms with Gasteiger partial charge in [0.25, 0.3) is 0 Å². The summed E-state index contributed by atoms with van der Waals surface area (Å²) in [5.74, 6) is 2.77. The van der Waals surface area contributed by atoms with Crippen LogP contribution in [-0.4, -0.2) is 45.0 Å². The molecule has 0 aliphatic rings. The number of aliphatic imine (C=N–C) groups is 1. The fraction of sp³-hybridized carbons (Fsp3) is 0.545. The summed E-state index contributed by atoms with van der Waals surface area (Å²) in [5, 5.41) is 10.8. The Labute approximate surface area is 197 Å². The molecule has 1 aromatic carbocycles. The van der Waals surface area contributed by atoms with Crippen LogP contribution in [-0.2, 0) is 11.3 Å². The van der Waals surface area contributed by atoms with Crippen LogP contribution >= 0.6 is 24.0 Å². The summed E-state index contributed by atoms with van der Waals surface area (Å²) in [6.07, 6.45) is 0.861. The predicted molar refractivity (Wildman–Crippen MR) is 131 cm³/mol. The van der Waals surface area contributed by atoms with Crippen LogP contribution in [0, 0.1) is 20.8 Å². The highest BCUT2D eigenvalue weighted by Gasteiger charge is 2.16. The summed E-state index contributed by atoms with van der Waals surface area (Å²) in [6.45, 7) is 10.8. The van der Waals surface area contributed by atoms with Gasteiger partial charge >= 0.3 is 0 Å². The van der Waals surface area contributed by atoms with Gasteiger partial charge in [0, 0.05) is 57.3 Å². The molecule has 0 aliphatic heterocycles. The first-order valence-corrected chi connectivity index (χ1v) is 10.0. The van der Waals surface area contributed by atoms with Gasteiger partial charge in [0.2, 0.25) is 0 Å². The van der Waals surface area contributed by atoms with Crippen molar-refractivity contribution in [2.75, 3.05) is 33.9 Å². The standard InChI is InChI=1S/C22H34N4O3.HI/c1-15-8-9-19(20(12-15)28-11-7-10-27-6)14-25-22(23-5)24-13-16(2)21-17(3)26-29-18(21)4;/h8-9,12,16H,7,10-11,13-14H2,1-6H3,(H2,23,24,25);1H. The summed E-state index contributed by atoms with van der Waals surface area (Å²) < 4.78 is 16.3. The Kier molecular flexibility index (Phi) is 11.8. The molecule has 1 unspecified atom stereocenters. The quantitative estimate of drug-likeness (QED) is 0.209. The third-order valence-electron chi connectivity index (χ3n) is 4.80. The maximum absolute atomic E-state index is 5.96. The molecule has 2 aromatic rings. The van der Waals surface area contributed by atoms with Crippen LogP contribution in [0.25, 0.3) is 0 Å². The van der Waals surface area contributed by atoms with E-state index in [1.165, 1.54) is 5.56 Å². The lowest BCUT2D eigenvalue weighted by atomic mass is 10.00. The van der Waals surface area contributed by atoms with Gasteiger partial charge in [0.1, 0.15) is 11.5 Å². The molecule has 7 nitrogen and oxygen atoms in total. The number of hydrogen-bond acceptors (Lipinski definition) is 5. The van der Waals surface area contributed by atoms with Crippen molar-refractivity contribution in [1.82, 2.24) is 15.8 Å². The van der Waals surface area contributed by atoms with Crippen LogP contribution in [0.3, 0.4) is 0 Å². The molecule has 2 rings (SSSR count). The van der Waals surface area contributed by atoms with E-state index in [0.29, 0.717) is 19.8 Å². The van der Waals surface area contributed by atoms with Gasteiger partial charge < -0.3 is 24.6 Å². The first-order chi connectivity index (χ1) is 14.0. The number of guanidine groups is 1. The topological polar surface area (TPSA) is 80.9 Å². The minimum Gasteiger partial charge on any atom is -0.493 e. The van der Waals surface area contributed by atoms with E-state index in [1.54, 1.807) is 14.2 Å². The third kappa shape index (κ3) is 7.79. The monoisotopic (exact) mass is 530 g/mol. The molecule has 1 heterocycles. The second kappa shape index (κ2) is 13.5. The largest absolute Gasteiger partial charge is 0.493 e. The van der Waals surface area contributed by atoms with Gasteiger partial charge in [-0.2, -0.15) is 0 Å². The zero-order chi connectivity index (χ0) is 21.2. The Morgan fingerprint density at radius 2 is 1.97 bits per heavy atom. The lowest BCUT2D eigenvalue weighted by Gasteiger charge is -2.17. The predicted octanol–water partition coefficient (Wildman–Crippen LogP) is 4.10. The van der Waals surface area contributed by atoms with Crippen LogP contribution in [0.15, 0.2) is 27.7 Å². The van der Waals surface area contributed by atoms with Crippen molar-refractivity contribution in [2.24, 2.45) is 4.99 Å². The van der Waals surface area contributed by atoms with Crippen molar-refractivity contribution < 1.29 is 14.0 Å². The fourth-order valence-electron chi connectivity index (χ4n) is 3.27. The van der Waals surface area contributed by atoms with Gasteiger partial charge in [0.05, 0.1) is 12.3 Å². The number of nitrogens with one attached hydrogen (secondary N) is 2. The second-order valence-electron chi connectivity index (χ2n) is 7.25. The molecule has 2 N–H and O–H groups in total. The van der Waals surface area contributed by atoms with Crippen molar-refractivity contribution >= 4 is 29.9 Å². The first kappa shape index (κ1) is 26.2. The second-order valence-corrected chi connectivity index (χ2v) is 7.25. The van der Waals surface area contributed by atoms with Gasteiger partial charge in [0.15, 0.2) is 5.96 Å². The SMILES string of the molecule is CN=C(NCc1ccc(C)cc1OCCCOC)NCC(C)c1c(C)noc1C.I. The smallest absolute Gasteiger partial charge is 0.191 e. The van der Waals surface area contributed by atoms with Gasteiger partial charge in [-0.3, -0.25) is 4.99 Å². The van der Waals surface area contributed by atoms with Gasteiger partial charge in [-0.25, -0.2) is 0 Å². The lowest BCUT2D eigenvalue weighted by molar-refractivity contribution is 0.171. The molecule has 0 bridgehead atoms. The molecule has 0 radical (unpaired) electrons. The number of ether oxygens (including phenoxy) is 2. The van der Waals surface area contributed by atoms with Crippen molar-refractivity contribution in [2.45, 2.75) is 46.6 Å². The zero-order valence-electron chi connectivity index (χ0n) is 18.9. The zero-order valence-corrected chi connectivity index (χ0v) is 21.2. The van der Waals surface area contributed by atoms with Crippen LogP contribution in [0.5, 0.6) is 5.75 Å². The molecule has 1 aromatic heterocycles. The summed E-state index contributed by atoms with van der Waals surface area (Å²) in [4.78, 5) is 4.33. The highest BCUT2D eigenvalue weighted by molar-refractivity contribution is 14.0. The maximum atomic E-state index is 5.96. The molecule has 0 spiro atoms. The molecule has 8 heteroatoms. The molecule has 30 heavy (non-hydrogen) atoms. The summed E-state index contributed by atoms with van der Waals surface area (Å²) in [5.41, 5.74) is 4.36. The summed E-state index contributed by atoms with van der Waals surface area (Å²) >= 11 is 0. The number of halogens is 1. The molecule has 0 amide bonds. The minimum atomic E-state index is 0. The number of benzene rings is 1. The molecule has 0 saturated heterocycles. The van der Waals surface area contributed by atoms with Gasteiger partial charge in [-0.1, -0.05) is 24.2 Å². The van der Waals surface area contributed by atoms with Crippen LogP contribution in [0.4, 0.5) is 0 Å². The van der Waals surface area contributed by atoms with E-state index in [2.05, 4.69) is 52.8 Å². The average molecular weight is 530 g/mol. The molecular weight excluding hydrogens is 495 g/mol. The molecule has 168 valence electrons.